The molecule has 1 aromatic carbocycles. The van der Waals surface area contributed by atoms with Gasteiger partial charge < -0.3 is 5.73 Å². The predicted molar refractivity (Wildman–Crippen MR) is 63.8 cm³/mol. The van der Waals surface area contributed by atoms with Crippen LogP contribution in [0.3, 0.4) is 0 Å². The summed E-state index contributed by atoms with van der Waals surface area (Å²) in [5.41, 5.74) is 7.00. The van der Waals surface area contributed by atoms with E-state index in [0.29, 0.717) is 10.8 Å². The van der Waals surface area contributed by atoms with E-state index in [0.717, 1.165) is 18.4 Å². The van der Waals surface area contributed by atoms with E-state index in [1.165, 1.54) is 0 Å². The van der Waals surface area contributed by atoms with E-state index in [1.807, 2.05) is 6.07 Å². The fourth-order valence-corrected chi connectivity index (χ4v) is 2.74. The number of nitrogens with two attached hydrogens (primary N) is 1. The Morgan fingerprint density at radius 2 is 2.12 bits per heavy atom. The van der Waals surface area contributed by atoms with Gasteiger partial charge in [0.2, 0.25) is 0 Å². The van der Waals surface area contributed by atoms with Gasteiger partial charge in [0.1, 0.15) is 0 Å². The molecule has 1 aromatic rings. The second-order valence-corrected chi connectivity index (χ2v) is 6.62. The summed E-state index contributed by atoms with van der Waals surface area (Å²) in [6.07, 6.45) is 2.32. The first-order valence-electron chi connectivity index (χ1n) is 5.63. The Kier molecular flexibility index (Phi) is 3.04. The highest BCUT2D eigenvalue weighted by Crippen LogP contribution is 2.39. The number of benzene rings is 1. The van der Waals surface area contributed by atoms with Crippen molar-refractivity contribution in [2.75, 3.05) is 5.75 Å². The highest BCUT2D eigenvalue weighted by Gasteiger charge is 2.29. The van der Waals surface area contributed by atoms with Gasteiger partial charge in [0, 0.05) is 6.04 Å². The molecule has 2 rings (SSSR count). The molecule has 3 nitrogen and oxygen atoms in total. The van der Waals surface area contributed by atoms with E-state index in [4.69, 9.17) is 5.73 Å². The van der Waals surface area contributed by atoms with Crippen LogP contribution in [0, 0.1) is 5.92 Å². The predicted octanol–water partition coefficient (Wildman–Crippen LogP) is 1.89. The van der Waals surface area contributed by atoms with Gasteiger partial charge >= 0.3 is 0 Å². The van der Waals surface area contributed by atoms with E-state index in [-0.39, 0.29) is 11.8 Å². The molecule has 1 fully saturated rings. The summed E-state index contributed by atoms with van der Waals surface area (Å²) in [6.45, 7) is 1.66. The average molecular weight is 239 g/mol. The van der Waals surface area contributed by atoms with Crippen molar-refractivity contribution in [1.82, 2.24) is 0 Å². The monoisotopic (exact) mass is 239 g/mol. The Hall–Kier alpha value is -0.870. The van der Waals surface area contributed by atoms with Gasteiger partial charge in [-0.25, -0.2) is 8.42 Å². The molecular weight excluding hydrogens is 222 g/mol. The van der Waals surface area contributed by atoms with E-state index in [2.05, 4.69) is 0 Å². The van der Waals surface area contributed by atoms with E-state index in [1.54, 1.807) is 25.1 Å². The van der Waals surface area contributed by atoms with E-state index >= 15 is 0 Å². The maximum Gasteiger partial charge on any atom is 0.178 e. The molecule has 0 radical (unpaired) electrons. The van der Waals surface area contributed by atoms with Crippen molar-refractivity contribution in [2.45, 2.75) is 30.7 Å². The third-order valence-corrected chi connectivity index (χ3v) is 4.84. The van der Waals surface area contributed by atoms with Crippen LogP contribution in [0.1, 0.15) is 31.4 Å². The molecule has 2 N–H and O–H groups in total. The first kappa shape index (κ1) is 11.6. The summed E-state index contributed by atoms with van der Waals surface area (Å²) in [4.78, 5) is 0.392. The topological polar surface area (TPSA) is 60.2 Å². The molecule has 1 atom stereocenters. The Balaban J connectivity index is 2.32. The summed E-state index contributed by atoms with van der Waals surface area (Å²) in [5, 5.41) is 0. The molecule has 1 saturated carbocycles. The zero-order chi connectivity index (χ0) is 11.8. The Bertz CT molecular complexity index is 478. The molecule has 0 aromatic heterocycles. The minimum absolute atomic E-state index is 0.00740. The molecule has 0 spiro atoms. The standard InChI is InChI=1S/C12H17NO2S/c1-2-16(14,15)11-5-3-4-10(8-11)12(13)9-6-7-9/h3-5,8-9,12H,2,6-7,13H2,1H3/t12-/m0/s1. The fraction of sp³-hybridized carbons (Fsp3) is 0.500. The van der Waals surface area contributed by atoms with Crippen molar-refractivity contribution in [3.8, 4) is 0 Å². The molecule has 4 heteroatoms. The summed E-state index contributed by atoms with van der Waals surface area (Å²) in [7, 11) is -3.12. The lowest BCUT2D eigenvalue weighted by Gasteiger charge is -2.12. The number of hydrogen-bond acceptors (Lipinski definition) is 3. The first-order chi connectivity index (χ1) is 7.54. The van der Waals surface area contributed by atoms with Crippen LogP contribution in [0.5, 0.6) is 0 Å². The van der Waals surface area contributed by atoms with E-state index in [9.17, 15) is 8.42 Å². The van der Waals surface area contributed by atoms with Crippen LogP contribution >= 0.6 is 0 Å². The van der Waals surface area contributed by atoms with Gasteiger partial charge in [-0.15, -0.1) is 0 Å². The molecule has 88 valence electrons. The quantitative estimate of drug-likeness (QED) is 0.872. The zero-order valence-corrected chi connectivity index (χ0v) is 10.2. The van der Waals surface area contributed by atoms with Crippen molar-refractivity contribution < 1.29 is 8.42 Å². The molecular formula is C12H17NO2S. The van der Waals surface area contributed by atoms with Gasteiger partial charge in [0.15, 0.2) is 9.84 Å². The van der Waals surface area contributed by atoms with E-state index < -0.39 is 9.84 Å². The normalized spacial score (nSPS) is 18.4. The maximum absolute atomic E-state index is 11.7. The lowest BCUT2D eigenvalue weighted by Crippen LogP contribution is -2.13. The van der Waals surface area contributed by atoms with Crippen LogP contribution < -0.4 is 5.73 Å². The van der Waals surface area contributed by atoms with Crippen LogP contribution in [-0.4, -0.2) is 14.2 Å². The molecule has 0 heterocycles. The van der Waals surface area contributed by atoms with Crippen LogP contribution in [0.4, 0.5) is 0 Å². The number of rotatable bonds is 4. The summed E-state index contributed by atoms with van der Waals surface area (Å²) in [5.74, 6) is 0.675. The minimum Gasteiger partial charge on any atom is -0.324 e. The molecule has 0 saturated heterocycles. The lowest BCUT2D eigenvalue weighted by atomic mass is 10.0. The third-order valence-electron chi connectivity index (χ3n) is 3.11. The highest BCUT2D eigenvalue weighted by molar-refractivity contribution is 7.91. The Morgan fingerprint density at radius 3 is 2.69 bits per heavy atom. The molecule has 1 aliphatic rings. The van der Waals surface area contributed by atoms with Gasteiger partial charge in [-0.2, -0.15) is 0 Å². The minimum atomic E-state index is -3.12. The van der Waals surface area contributed by atoms with Crippen LogP contribution in [0.15, 0.2) is 29.2 Å². The SMILES string of the molecule is CCS(=O)(=O)c1cccc([C@@H](N)C2CC2)c1. The second-order valence-electron chi connectivity index (χ2n) is 4.34. The molecule has 16 heavy (non-hydrogen) atoms. The first-order valence-corrected chi connectivity index (χ1v) is 7.28. The van der Waals surface area contributed by atoms with Crippen LogP contribution in [-0.2, 0) is 9.84 Å². The average Bonchev–Trinajstić information content (AvgIpc) is 3.12. The summed E-state index contributed by atoms with van der Waals surface area (Å²) in [6, 6.07) is 7.05. The van der Waals surface area contributed by atoms with Crippen molar-refractivity contribution in [1.29, 1.82) is 0 Å². The number of hydrogen-bond donors (Lipinski definition) is 1. The fourth-order valence-electron chi connectivity index (χ4n) is 1.81. The van der Waals surface area contributed by atoms with Gasteiger partial charge in [0.05, 0.1) is 10.6 Å². The van der Waals surface area contributed by atoms with Crippen molar-refractivity contribution in [3.63, 3.8) is 0 Å². The van der Waals surface area contributed by atoms with Gasteiger partial charge in [0.25, 0.3) is 0 Å². The zero-order valence-electron chi connectivity index (χ0n) is 9.39. The maximum atomic E-state index is 11.7. The Labute approximate surface area is 96.6 Å². The third kappa shape index (κ3) is 2.28. The highest BCUT2D eigenvalue weighted by atomic mass is 32.2. The van der Waals surface area contributed by atoms with Crippen molar-refractivity contribution in [3.05, 3.63) is 29.8 Å². The summed E-state index contributed by atoms with van der Waals surface area (Å²) >= 11 is 0. The molecule has 0 amide bonds. The Morgan fingerprint density at radius 1 is 1.44 bits per heavy atom. The largest absolute Gasteiger partial charge is 0.324 e. The number of sulfone groups is 1. The van der Waals surface area contributed by atoms with Crippen molar-refractivity contribution in [2.24, 2.45) is 11.7 Å². The van der Waals surface area contributed by atoms with Crippen LogP contribution in [0.2, 0.25) is 0 Å². The van der Waals surface area contributed by atoms with Crippen molar-refractivity contribution >= 4 is 9.84 Å². The van der Waals surface area contributed by atoms with Gasteiger partial charge in [-0.1, -0.05) is 19.1 Å². The second kappa shape index (κ2) is 4.18. The molecule has 0 bridgehead atoms. The summed E-state index contributed by atoms with van der Waals surface area (Å²) < 4.78 is 23.4. The van der Waals surface area contributed by atoms with Crippen LogP contribution in [0.25, 0.3) is 0 Å². The molecule has 1 aliphatic carbocycles. The smallest absolute Gasteiger partial charge is 0.178 e. The van der Waals surface area contributed by atoms with Gasteiger partial charge in [-0.3, -0.25) is 0 Å². The lowest BCUT2D eigenvalue weighted by molar-refractivity contribution is 0.595. The molecule has 0 aliphatic heterocycles. The molecule has 0 unspecified atom stereocenters. The van der Waals surface area contributed by atoms with Gasteiger partial charge in [-0.05, 0) is 36.5 Å².